The molecule has 0 amide bonds. The van der Waals surface area contributed by atoms with Crippen molar-refractivity contribution < 1.29 is 4.79 Å². The minimum Gasteiger partial charge on any atom is -0.299 e. The predicted molar refractivity (Wildman–Crippen MR) is 81.4 cm³/mol. The molecule has 6 atom stereocenters. The Morgan fingerprint density at radius 1 is 0.900 bits per heavy atom. The van der Waals surface area contributed by atoms with Gasteiger partial charge in [0.15, 0.2) is 0 Å². The number of ketones is 1. The van der Waals surface area contributed by atoms with E-state index in [4.69, 9.17) is 0 Å². The highest BCUT2D eigenvalue weighted by atomic mass is 16.1. The molecular weight excluding hydrogens is 244 g/mol. The summed E-state index contributed by atoms with van der Waals surface area (Å²) in [5, 5.41) is 0. The maximum atomic E-state index is 12.4. The molecule has 0 heterocycles. The lowest BCUT2D eigenvalue weighted by molar-refractivity contribution is -0.138. The van der Waals surface area contributed by atoms with Crippen molar-refractivity contribution in [1.82, 2.24) is 0 Å². The van der Waals surface area contributed by atoms with E-state index in [1.165, 1.54) is 57.8 Å². The Bertz CT molecular complexity index is 427. The van der Waals surface area contributed by atoms with Gasteiger partial charge in [-0.2, -0.15) is 0 Å². The van der Waals surface area contributed by atoms with Crippen LogP contribution in [0.2, 0.25) is 0 Å². The van der Waals surface area contributed by atoms with Crippen LogP contribution in [-0.4, -0.2) is 5.78 Å². The predicted octanol–water partition coefficient (Wildman–Crippen LogP) is 4.99. The summed E-state index contributed by atoms with van der Waals surface area (Å²) in [5.41, 5.74) is 0.688. The van der Waals surface area contributed by atoms with Crippen LogP contribution in [0.3, 0.4) is 0 Å². The van der Waals surface area contributed by atoms with E-state index in [1.807, 2.05) is 0 Å². The first-order chi connectivity index (χ1) is 9.56. The van der Waals surface area contributed by atoms with Crippen LogP contribution in [0.1, 0.15) is 78.1 Å². The second-order valence-electron chi connectivity index (χ2n) is 8.82. The summed E-state index contributed by atoms with van der Waals surface area (Å²) < 4.78 is 0. The Hall–Kier alpha value is -0.330. The third-order valence-corrected chi connectivity index (χ3v) is 8.29. The molecule has 20 heavy (non-hydrogen) atoms. The molecule has 4 aliphatic rings. The molecule has 0 radical (unpaired) electrons. The SMILES string of the molecule is C[C@]12CCCC[C@@H]1CC[C@H]1[C@H]2CC[C@]2(C)C(=O)CC[C@@H]12. The van der Waals surface area contributed by atoms with Gasteiger partial charge >= 0.3 is 0 Å². The molecule has 0 aromatic heterocycles. The minimum atomic E-state index is 0.0685. The van der Waals surface area contributed by atoms with Gasteiger partial charge < -0.3 is 0 Å². The lowest BCUT2D eigenvalue weighted by Gasteiger charge is -2.59. The van der Waals surface area contributed by atoms with Crippen LogP contribution in [0.4, 0.5) is 0 Å². The van der Waals surface area contributed by atoms with E-state index in [2.05, 4.69) is 13.8 Å². The van der Waals surface area contributed by atoms with Crippen molar-refractivity contribution in [2.24, 2.45) is 34.5 Å². The first-order valence-corrected chi connectivity index (χ1v) is 9.09. The third-order valence-electron chi connectivity index (χ3n) is 8.29. The number of carbonyl (C=O) groups excluding carboxylic acids is 1. The summed E-state index contributed by atoms with van der Waals surface area (Å²) in [6.07, 6.45) is 13.4. The monoisotopic (exact) mass is 274 g/mol. The van der Waals surface area contributed by atoms with Crippen molar-refractivity contribution in [2.75, 3.05) is 0 Å². The Morgan fingerprint density at radius 3 is 2.60 bits per heavy atom. The van der Waals surface area contributed by atoms with E-state index in [0.717, 1.165) is 30.1 Å². The number of Topliss-reactive ketones (excluding diaryl/α,β-unsaturated/α-hetero) is 1. The fraction of sp³-hybridized carbons (Fsp3) is 0.947. The van der Waals surface area contributed by atoms with Crippen LogP contribution in [-0.2, 0) is 4.79 Å². The molecule has 4 aliphatic carbocycles. The van der Waals surface area contributed by atoms with E-state index < -0.39 is 0 Å². The quantitative estimate of drug-likeness (QED) is 0.608. The van der Waals surface area contributed by atoms with E-state index in [0.29, 0.717) is 11.2 Å². The van der Waals surface area contributed by atoms with Gasteiger partial charge in [-0.15, -0.1) is 0 Å². The topological polar surface area (TPSA) is 17.1 Å². The largest absolute Gasteiger partial charge is 0.299 e. The van der Waals surface area contributed by atoms with E-state index in [9.17, 15) is 4.79 Å². The number of rotatable bonds is 0. The lowest BCUT2D eigenvalue weighted by atomic mass is 9.45. The molecule has 4 rings (SSSR count). The summed E-state index contributed by atoms with van der Waals surface area (Å²) in [6.45, 7) is 4.92. The van der Waals surface area contributed by atoms with Crippen molar-refractivity contribution in [3.8, 4) is 0 Å². The third kappa shape index (κ3) is 1.58. The van der Waals surface area contributed by atoms with Crippen LogP contribution in [0.5, 0.6) is 0 Å². The summed E-state index contributed by atoms with van der Waals surface area (Å²) in [4.78, 5) is 12.4. The first kappa shape index (κ1) is 13.3. The lowest BCUT2D eigenvalue weighted by Crippen LogP contribution is -2.52. The van der Waals surface area contributed by atoms with Crippen LogP contribution in [0.25, 0.3) is 0 Å². The average molecular weight is 274 g/mol. The van der Waals surface area contributed by atoms with Crippen molar-refractivity contribution in [1.29, 1.82) is 0 Å². The van der Waals surface area contributed by atoms with Gasteiger partial charge in [0.1, 0.15) is 5.78 Å². The molecule has 4 saturated carbocycles. The zero-order valence-electron chi connectivity index (χ0n) is 13.3. The molecular formula is C19H30O. The number of hydrogen-bond donors (Lipinski definition) is 0. The fourth-order valence-corrected chi connectivity index (χ4v) is 7.07. The second kappa shape index (κ2) is 4.34. The maximum absolute atomic E-state index is 12.4. The van der Waals surface area contributed by atoms with Crippen molar-refractivity contribution >= 4 is 5.78 Å². The summed E-state index contributed by atoms with van der Waals surface area (Å²) >= 11 is 0. The van der Waals surface area contributed by atoms with E-state index >= 15 is 0 Å². The van der Waals surface area contributed by atoms with Gasteiger partial charge in [0.05, 0.1) is 0 Å². The van der Waals surface area contributed by atoms with Crippen LogP contribution in [0, 0.1) is 34.5 Å². The molecule has 0 unspecified atom stereocenters. The Kier molecular flexibility index (Phi) is 2.89. The average Bonchev–Trinajstić information content (AvgIpc) is 2.74. The summed E-state index contributed by atoms with van der Waals surface area (Å²) in [7, 11) is 0. The van der Waals surface area contributed by atoms with Gasteiger partial charge in [0.2, 0.25) is 0 Å². The molecule has 0 N–H and O–H groups in total. The van der Waals surface area contributed by atoms with Crippen molar-refractivity contribution in [2.45, 2.75) is 78.1 Å². The zero-order chi connectivity index (χ0) is 14.0. The first-order valence-electron chi connectivity index (χ1n) is 9.09. The summed E-state index contributed by atoms with van der Waals surface area (Å²) in [6, 6.07) is 0. The van der Waals surface area contributed by atoms with Crippen molar-refractivity contribution in [3.63, 3.8) is 0 Å². The van der Waals surface area contributed by atoms with Gasteiger partial charge in [-0.25, -0.2) is 0 Å². The normalized spacial score (nSPS) is 55.0. The van der Waals surface area contributed by atoms with Crippen molar-refractivity contribution in [3.05, 3.63) is 0 Å². The summed E-state index contributed by atoms with van der Waals surface area (Å²) in [5.74, 6) is 4.13. The molecule has 0 bridgehead atoms. The Morgan fingerprint density at radius 2 is 1.75 bits per heavy atom. The van der Waals surface area contributed by atoms with Gasteiger partial charge in [-0.3, -0.25) is 4.79 Å². The zero-order valence-corrected chi connectivity index (χ0v) is 13.3. The van der Waals surface area contributed by atoms with E-state index in [1.54, 1.807) is 0 Å². The number of hydrogen-bond acceptors (Lipinski definition) is 1. The Balaban J connectivity index is 1.66. The minimum absolute atomic E-state index is 0.0685. The molecule has 4 fully saturated rings. The van der Waals surface area contributed by atoms with Gasteiger partial charge in [-0.05, 0) is 74.0 Å². The van der Waals surface area contributed by atoms with E-state index in [-0.39, 0.29) is 5.41 Å². The molecule has 0 aliphatic heterocycles. The van der Waals surface area contributed by atoms with Gasteiger partial charge in [0, 0.05) is 11.8 Å². The highest BCUT2D eigenvalue weighted by molar-refractivity contribution is 5.87. The molecule has 0 spiro atoms. The molecule has 0 aromatic rings. The maximum Gasteiger partial charge on any atom is 0.139 e. The molecule has 0 saturated heterocycles. The van der Waals surface area contributed by atoms with Crippen LogP contribution in [0.15, 0.2) is 0 Å². The van der Waals surface area contributed by atoms with Gasteiger partial charge in [-0.1, -0.05) is 26.7 Å². The Labute approximate surface area is 123 Å². The number of fused-ring (bicyclic) bond motifs is 5. The molecule has 1 nitrogen and oxygen atoms in total. The standard InChI is InChI=1S/C19H30O/c1-18-11-4-3-5-13(18)6-7-14-15-8-9-17(20)19(15,2)12-10-16(14)18/h13-16H,3-12H2,1-2H3/t13-,14-,15+,16-,18+,19+/m1/s1. The van der Waals surface area contributed by atoms with Crippen LogP contribution < -0.4 is 0 Å². The smallest absolute Gasteiger partial charge is 0.139 e. The highest BCUT2D eigenvalue weighted by Gasteiger charge is 2.59. The molecule has 1 heteroatoms. The fourth-order valence-electron chi connectivity index (χ4n) is 7.07. The molecule has 0 aromatic carbocycles. The number of carbonyl (C=O) groups is 1. The second-order valence-corrected chi connectivity index (χ2v) is 8.82. The molecule has 112 valence electrons. The highest BCUT2D eigenvalue weighted by Crippen LogP contribution is 2.65. The van der Waals surface area contributed by atoms with Gasteiger partial charge in [0.25, 0.3) is 0 Å². The van der Waals surface area contributed by atoms with Crippen LogP contribution >= 0.6 is 0 Å².